The summed E-state index contributed by atoms with van der Waals surface area (Å²) in [6.07, 6.45) is 17.5. The molecule has 4 atom stereocenters. The average molecular weight is 1010 g/mol. The van der Waals surface area contributed by atoms with Crippen molar-refractivity contribution in [1.29, 1.82) is 0 Å². The molecule has 2 aliphatic carbocycles. The highest BCUT2D eigenvalue weighted by Crippen LogP contribution is 2.28. The second-order valence-electron chi connectivity index (χ2n) is 18.9. The van der Waals surface area contributed by atoms with Gasteiger partial charge in [-0.2, -0.15) is 0 Å². The van der Waals surface area contributed by atoms with Gasteiger partial charge in [0.05, 0.1) is 33.5 Å². The highest BCUT2D eigenvalue weighted by molar-refractivity contribution is 5.90. The lowest BCUT2D eigenvalue weighted by molar-refractivity contribution is -0.145. The molecule has 2 fully saturated rings. The number of hydrogen-bond acceptors (Lipinski definition) is 12. The zero-order chi connectivity index (χ0) is 49.0. The van der Waals surface area contributed by atoms with Crippen LogP contribution < -0.4 is 36.9 Å². The average Bonchev–Trinajstić information content (AvgIpc) is 3.32. The molecule has 0 spiro atoms. The van der Waals surface area contributed by atoms with Gasteiger partial charge in [0.2, 0.25) is 11.8 Å². The number of carbonyl (C=O) groups is 5. The Kier molecular flexibility index (Phi) is 31.7. The topological polar surface area (TPSA) is 220 Å². The fraction of sp³-hybridized carbons (Fsp3) is 0.673. The number of rotatable bonds is 25. The van der Waals surface area contributed by atoms with Crippen LogP contribution in [0.5, 0.6) is 11.5 Å². The van der Waals surface area contributed by atoms with Gasteiger partial charge in [-0.1, -0.05) is 89.0 Å². The van der Waals surface area contributed by atoms with E-state index in [2.05, 4.69) is 22.9 Å². The monoisotopic (exact) mass is 1010 g/mol. The minimum atomic E-state index is -0.899. The van der Waals surface area contributed by atoms with Crippen molar-refractivity contribution in [3.8, 4) is 11.5 Å². The molecule has 17 heteroatoms. The summed E-state index contributed by atoms with van der Waals surface area (Å²) in [4.78, 5) is 63.6. The molecule has 0 radical (unpaired) electrons. The third-order valence-corrected chi connectivity index (χ3v) is 12.2. The molecular weight excluding hydrogens is 926 g/mol. The lowest BCUT2D eigenvalue weighted by atomic mass is 9.83. The van der Waals surface area contributed by atoms with Crippen LogP contribution in [0.2, 0.25) is 0 Å². The number of methoxy groups -OCH3 is 2. The first kappa shape index (κ1) is 62.7. The Labute approximate surface area is 424 Å². The third-order valence-electron chi connectivity index (χ3n) is 12.2. The zero-order valence-electron chi connectivity index (χ0n) is 42.2. The van der Waals surface area contributed by atoms with Gasteiger partial charge in [-0.3, -0.25) is 9.59 Å². The molecule has 0 saturated heterocycles. The molecule has 392 valence electrons. The smallest absolute Gasteiger partial charge is 0.408 e. The maximum absolute atomic E-state index is 13.4. The van der Waals surface area contributed by atoms with Gasteiger partial charge in [0.15, 0.2) is 0 Å². The maximum Gasteiger partial charge on any atom is 0.408 e. The fourth-order valence-corrected chi connectivity index (χ4v) is 8.54. The number of ether oxygens (including phenoxy) is 5. The number of alkyl carbamates (subject to hydrolysis) is 1. The molecule has 2 aromatic rings. The van der Waals surface area contributed by atoms with E-state index in [0.29, 0.717) is 26.2 Å². The quantitative estimate of drug-likeness (QED) is 0.0359. The van der Waals surface area contributed by atoms with Crippen LogP contribution in [-0.4, -0.2) is 93.6 Å². The Hall–Kier alpha value is -4.31. The number of carbonyl (C=O) groups excluding carboxylic acids is 5. The second-order valence-corrected chi connectivity index (χ2v) is 18.9. The van der Waals surface area contributed by atoms with E-state index >= 15 is 0 Å². The molecule has 0 heterocycles. The lowest BCUT2D eigenvalue weighted by Gasteiger charge is -2.31. The van der Waals surface area contributed by atoms with Gasteiger partial charge in [0, 0.05) is 12.8 Å². The molecule has 0 bridgehead atoms. The number of hydrogen-bond donors (Lipinski definition) is 5. The number of benzene rings is 2. The molecule has 2 aromatic carbocycles. The van der Waals surface area contributed by atoms with Gasteiger partial charge >= 0.3 is 18.0 Å². The summed E-state index contributed by atoms with van der Waals surface area (Å²) in [6.45, 7) is 9.46. The number of halogens is 2. The van der Waals surface area contributed by atoms with Crippen LogP contribution in [0.25, 0.3) is 0 Å². The first-order chi connectivity index (χ1) is 32.2. The van der Waals surface area contributed by atoms with E-state index in [9.17, 15) is 24.0 Å². The number of esters is 2. The van der Waals surface area contributed by atoms with E-state index in [1.807, 2.05) is 48.5 Å². The number of amides is 3. The SMILES string of the molecule is CCCCCCOc1cccc(C[C@H](NC(=O)[C@@H](NC(=O)OC(C)(C)C)C2CCCCC2)C(=O)OC)c1.COC(=O)[C@H](Cc1cccc(OCCCCCN)c1)NC(=O)[C@@H](N)C1CCCCC1.Cl.Cl. The maximum atomic E-state index is 13.4. The summed E-state index contributed by atoms with van der Waals surface area (Å²) < 4.78 is 27.0. The van der Waals surface area contributed by atoms with Crippen molar-refractivity contribution >= 4 is 54.7 Å². The third kappa shape index (κ3) is 24.9. The van der Waals surface area contributed by atoms with Crippen LogP contribution >= 0.6 is 24.8 Å². The number of unbranched alkanes of at least 4 members (excludes halogenated alkanes) is 5. The molecule has 15 nitrogen and oxygen atoms in total. The normalized spacial score (nSPS) is 15.7. The van der Waals surface area contributed by atoms with Crippen molar-refractivity contribution < 1.29 is 47.7 Å². The van der Waals surface area contributed by atoms with Gasteiger partial charge in [0.25, 0.3) is 0 Å². The van der Waals surface area contributed by atoms with Crippen molar-refractivity contribution in [2.45, 2.75) is 179 Å². The predicted octanol–water partition coefficient (Wildman–Crippen LogP) is 8.47. The summed E-state index contributed by atoms with van der Waals surface area (Å²) in [7, 11) is 2.62. The summed E-state index contributed by atoms with van der Waals surface area (Å²) >= 11 is 0. The van der Waals surface area contributed by atoms with Gasteiger partial charge in [-0.05, 0) is 126 Å². The lowest BCUT2D eigenvalue weighted by Crippen LogP contribution is -2.56. The van der Waals surface area contributed by atoms with Crippen LogP contribution in [0.4, 0.5) is 4.79 Å². The first-order valence-corrected chi connectivity index (χ1v) is 24.8. The summed E-state index contributed by atoms with van der Waals surface area (Å²) in [5.74, 6) is -0.0888. The van der Waals surface area contributed by atoms with E-state index in [4.69, 9.17) is 35.2 Å². The molecule has 2 aliphatic rings. The second kappa shape index (κ2) is 34.9. The van der Waals surface area contributed by atoms with E-state index in [1.165, 1.54) is 33.5 Å². The molecule has 3 amide bonds. The molecule has 4 rings (SSSR count). The van der Waals surface area contributed by atoms with Crippen molar-refractivity contribution in [2.24, 2.45) is 23.3 Å². The Morgan fingerprint density at radius 3 is 1.55 bits per heavy atom. The number of nitrogens with one attached hydrogen (secondary N) is 3. The molecule has 69 heavy (non-hydrogen) atoms. The summed E-state index contributed by atoms with van der Waals surface area (Å²) in [5, 5.41) is 8.42. The standard InChI is InChI=1S/C29H46N2O6.C23H37N3O4.2ClH/c1-6-7-8-12-18-36-23-17-13-14-21(19-23)20-24(27(33)35-5)30-26(32)25(22-15-10-9-11-16-22)31-28(34)37-29(2,3)4;1-29-23(28)20(26-22(27)21(25)18-10-4-2-5-11-18)16-17-9-8-12-19(15-17)30-14-7-3-6-13-24;;/h13-14,17,19,22,24-25H,6-12,15-16,18,20H2,1-5H3,(H,30,32)(H,31,34);8-9,12,15,18,20-21H,2-7,10-11,13-14,16,24-25H2,1H3,(H,26,27);2*1H/t24-,25-;20-,21-;;/m00../s1. The van der Waals surface area contributed by atoms with Crippen molar-refractivity contribution in [3.63, 3.8) is 0 Å². The van der Waals surface area contributed by atoms with E-state index in [-0.39, 0.29) is 49.0 Å². The molecule has 0 aliphatic heterocycles. The minimum absolute atomic E-state index is 0. The van der Waals surface area contributed by atoms with Gasteiger partial charge in [-0.25, -0.2) is 14.4 Å². The van der Waals surface area contributed by atoms with Crippen LogP contribution in [0, 0.1) is 11.8 Å². The Morgan fingerprint density at radius 2 is 1.10 bits per heavy atom. The minimum Gasteiger partial charge on any atom is -0.494 e. The molecule has 0 aromatic heterocycles. The van der Waals surface area contributed by atoms with E-state index in [0.717, 1.165) is 113 Å². The predicted molar refractivity (Wildman–Crippen MR) is 275 cm³/mol. The summed E-state index contributed by atoms with van der Waals surface area (Å²) in [6, 6.07) is 12.0. The largest absolute Gasteiger partial charge is 0.494 e. The van der Waals surface area contributed by atoms with E-state index in [1.54, 1.807) is 20.8 Å². The molecule has 0 unspecified atom stereocenters. The van der Waals surface area contributed by atoms with Crippen LogP contribution in [0.15, 0.2) is 48.5 Å². The Morgan fingerprint density at radius 1 is 0.638 bits per heavy atom. The van der Waals surface area contributed by atoms with Gasteiger partial charge in [0.1, 0.15) is 35.2 Å². The fourth-order valence-electron chi connectivity index (χ4n) is 8.54. The van der Waals surface area contributed by atoms with Crippen LogP contribution in [-0.2, 0) is 46.2 Å². The van der Waals surface area contributed by atoms with Gasteiger partial charge in [-0.15, -0.1) is 24.8 Å². The van der Waals surface area contributed by atoms with Crippen LogP contribution in [0.1, 0.15) is 148 Å². The number of nitrogens with two attached hydrogens (primary N) is 2. The van der Waals surface area contributed by atoms with Crippen molar-refractivity contribution in [2.75, 3.05) is 34.0 Å². The van der Waals surface area contributed by atoms with Gasteiger partial charge < -0.3 is 51.1 Å². The van der Waals surface area contributed by atoms with E-state index < -0.39 is 53.7 Å². The summed E-state index contributed by atoms with van der Waals surface area (Å²) in [5.41, 5.74) is 12.7. The Balaban J connectivity index is 0.000000684. The van der Waals surface area contributed by atoms with Crippen molar-refractivity contribution in [3.05, 3.63) is 59.7 Å². The van der Waals surface area contributed by atoms with Crippen molar-refractivity contribution in [1.82, 2.24) is 16.0 Å². The zero-order valence-corrected chi connectivity index (χ0v) is 43.8. The Bertz CT molecular complexity index is 1790. The van der Waals surface area contributed by atoms with Crippen LogP contribution in [0.3, 0.4) is 0 Å². The highest BCUT2D eigenvalue weighted by atomic mass is 35.5. The molecule has 7 N–H and O–H groups in total. The molecular formula is C52H85Cl2N5O10. The first-order valence-electron chi connectivity index (χ1n) is 24.8. The molecule has 2 saturated carbocycles. The highest BCUT2D eigenvalue weighted by Gasteiger charge is 2.35.